The number of carbonyl (C=O) groups is 2. The van der Waals surface area contributed by atoms with E-state index in [4.69, 9.17) is 10.5 Å². The number of ether oxygens (including phenoxy) is 2. The van der Waals surface area contributed by atoms with Crippen molar-refractivity contribution >= 4 is 17.6 Å². The van der Waals surface area contributed by atoms with Crippen LogP contribution in [0.1, 0.15) is 33.8 Å². The van der Waals surface area contributed by atoms with Gasteiger partial charge in [0.2, 0.25) is 11.4 Å². The third-order valence-corrected chi connectivity index (χ3v) is 3.49. The summed E-state index contributed by atoms with van der Waals surface area (Å²) < 4.78 is 10.8. The van der Waals surface area contributed by atoms with Crippen molar-refractivity contribution in [2.45, 2.75) is 19.4 Å². The van der Waals surface area contributed by atoms with Gasteiger partial charge in [0.25, 0.3) is 5.91 Å². The van der Waals surface area contributed by atoms with E-state index >= 15 is 0 Å². The lowest BCUT2D eigenvalue weighted by atomic mass is 10.0. The summed E-state index contributed by atoms with van der Waals surface area (Å²) >= 11 is 0. The van der Waals surface area contributed by atoms with Gasteiger partial charge in [0, 0.05) is 19.8 Å². The van der Waals surface area contributed by atoms with Gasteiger partial charge in [0.05, 0.1) is 12.0 Å². The van der Waals surface area contributed by atoms with Crippen molar-refractivity contribution < 1.29 is 24.0 Å². The van der Waals surface area contributed by atoms with Crippen LogP contribution in [0.25, 0.3) is 0 Å². The number of amides is 1. The molecule has 0 aromatic carbocycles. The summed E-state index contributed by atoms with van der Waals surface area (Å²) in [4.78, 5) is 33.6. The lowest BCUT2D eigenvalue weighted by Crippen LogP contribution is -2.25. The summed E-state index contributed by atoms with van der Waals surface area (Å²) in [6.45, 7) is 1.40. The first-order valence-corrected chi connectivity index (χ1v) is 6.66. The van der Waals surface area contributed by atoms with Crippen LogP contribution in [-0.4, -0.2) is 46.9 Å². The van der Waals surface area contributed by atoms with Crippen LogP contribution in [0, 0.1) is 16.0 Å². The first kappa shape index (κ1) is 15.9. The maximum absolute atomic E-state index is 11.6. The average Bonchev–Trinajstić information content (AvgIpc) is 2.87. The van der Waals surface area contributed by atoms with Gasteiger partial charge in [-0.3, -0.25) is 19.6 Å². The zero-order chi connectivity index (χ0) is 16.3. The molecule has 0 bridgehead atoms. The maximum atomic E-state index is 11.6. The molecule has 2 N–H and O–H groups in total. The molecule has 10 nitrogen and oxygen atoms in total. The molecule has 0 saturated carbocycles. The highest BCUT2D eigenvalue weighted by atomic mass is 16.6. The van der Waals surface area contributed by atoms with E-state index < -0.39 is 33.9 Å². The van der Waals surface area contributed by atoms with E-state index in [1.165, 1.54) is 0 Å². The fourth-order valence-corrected chi connectivity index (χ4v) is 2.41. The molecule has 0 aliphatic carbocycles. The number of hydrogen-bond donors (Lipinski definition) is 1. The van der Waals surface area contributed by atoms with Gasteiger partial charge >= 0.3 is 11.7 Å². The summed E-state index contributed by atoms with van der Waals surface area (Å²) in [5.41, 5.74) is 3.60. The molecule has 22 heavy (non-hydrogen) atoms. The van der Waals surface area contributed by atoms with Gasteiger partial charge in [0.15, 0.2) is 0 Å². The number of nitrogens with two attached hydrogens (primary N) is 1. The van der Waals surface area contributed by atoms with Crippen LogP contribution < -0.4 is 5.73 Å². The molecule has 0 radical (unpaired) electrons. The van der Waals surface area contributed by atoms with E-state index in [0.29, 0.717) is 13.2 Å². The number of aromatic nitrogens is 2. The van der Waals surface area contributed by atoms with Crippen molar-refractivity contribution in [2.24, 2.45) is 11.7 Å². The van der Waals surface area contributed by atoms with Gasteiger partial charge in [-0.1, -0.05) is 0 Å². The Morgan fingerprint density at radius 1 is 1.50 bits per heavy atom. The Labute approximate surface area is 125 Å². The van der Waals surface area contributed by atoms with Crippen molar-refractivity contribution in [3.05, 3.63) is 21.5 Å². The molecule has 1 aliphatic heterocycles. The molecule has 10 heteroatoms. The van der Waals surface area contributed by atoms with Crippen molar-refractivity contribution in [1.29, 1.82) is 0 Å². The third kappa shape index (κ3) is 3.06. The molecule has 2 rings (SSSR count). The van der Waals surface area contributed by atoms with E-state index in [1.807, 2.05) is 0 Å². The number of carbonyl (C=O) groups excluding carboxylic acids is 2. The molecular formula is C12H16N4O6. The molecule has 0 spiro atoms. The van der Waals surface area contributed by atoms with E-state index in [0.717, 1.165) is 24.6 Å². The molecule has 120 valence electrons. The highest BCUT2D eigenvalue weighted by Gasteiger charge is 2.36. The normalized spacial score (nSPS) is 15.5. The van der Waals surface area contributed by atoms with Crippen molar-refractivity contribution in [3.63, 3.8) is 0 Å². The number of methoxy groups -OCH3 is 1. The molecule has 1 aromatic heterocycles. The third-order valence-electron chi connectivity index (χ3n) is 3.49. The van der Waals surface area contributed by atoms with Crippen molar-refractivity contribution in [2.75, 3.05) is 20.3 Å². The molecule has 0 atom stereocenters. The zero-order valence-corrected chi connectivity index (χ0v) is 12.0. The number of rotatable bonds is 5. The van der Waals surface area contributed by atoms with Gasteiger partial charge < -0.3 is 15.2 Å². The second-order valence-electron chi connectivity index (χ2n) is 4.90. The summed E-state index contributed by atoms with van der Waals surface area (Å²) in [6.07, 6.45) is 1.47. The van der Waals surface area contributed by atoms with Crippen LogP contribution in [0.5, 0.6) is 0 Å². The Morgan fingerprint density at radius 2 is 2.14 bits per heavy atom. The quantitative estimate of drug-likeness (QED) is 0.462. The van der Waals surface area contributed by atoms with E-state index in [1.54, 1.807) is 0 Å². The molecule has 1 amide bonds. The number of primary amides is 1. The van der Waals surface area contributed by atoms with Gasteiger partial charge in [-0.15, -0.1) is 0 Å². The second kappa shape index (κ2) is 6.52. The largest absolute Gasteiger partial charge is 0.464 e. The van der Waals surface area contributed by atoms with Crippen LogP contribution in [-0.2, 0) is 16.0 Å². The topological polar surface area (TPSA) is 140 Å². The number of nitrogens with zero attached hydrogens (tertiary/aromatic N) is 3. The number of nitro groups is 1. The standard InChI is InChI=1S/C12H16N4O6/c1-21-12(18)8-9(16(19)20)10(11(13)17)15(14-8)6-7-2-4-22-5-3-7/h7H,2-6H2,1H3,(H2,13,17). The Morgan fingerprint density at radius 3 is 2.64 bits per heavy atom. The highest BCUT2D eigenvalue weighted by molar-refractivity contribution is 6.01. The maximum Gasteiger partial charge on any atom is 0.365 e. The van der Waals surface area contributed by atoms with E-state index in [2.05, 4.69) is 9.84 Å². The Balaban J connectivity index is 2.45. The summed E-state index contributed by atoms with van der Waals surface area (Å²) in [6, 6.07) is 0. The first-order chi connectivity index (χ1) is 10.5. The summed E-state index contributed by atoms with van der Waals surface area (Å²) in [7, 11) is 1.08. The molecule has 0 unspecified atom stereocenters. The Kier molecular flexibility index (Phi) is 4.71. The summed E-state index contributed by atoms with van der Waals surface area (Å²) in [5, 5.41) is 15.1. The van der Waals surface area contributed by atoms with E-state index in [9.17, 15) is 19.7 Å². The minimum Gasteiger partial charge on any atom is -0.464 e. The van der Waals surface area contributed by atoms with Crippen LogP contribution in [0.15, 0.2) is 0 Å². The predicted octanol–water partition coefficient (Wildman–Crippen LogP) is 0.103. The number of hydrogen-bond acceptors (Lipinski definition) is 7. The predicted molar refractivity (Wildman–Crippen MR) is 72.3 cm³/mol. The monoisotopic (exact) mass is 312 g/mol. The minimum absolute atomic E-state index is 0.136. The molecule has 1 aromatic rings. The minimum atomic E-state index is -1.01. The van der Waals surface area contributed by atoms with Crippen LogP contribution >= 0.6 is 0 Å². The van der Waals surface area contributed by atoms with Crippen molar-refractivity contribution in [3.8, 4) is 0 Å². The lowest BCUT2D eigenvalue weighted by Gasteiger charge is -2.22. The zero-order valence-electron chi connectivity index (χ0n) is 12.0. The lowest BCUT2D eigenvalue weighted by molar-refractivity contribution is -0.385. The highest BCUT2D eigenvalue weighted by Crippen LogP contribution is 2.26. The fraction of sp³-hybridized carbons (Fsp3) is 0.583. The average molecular weight is 312 g/mol. The van der Waals surface area contributed by atoms with Crippen molar-refractivity contribution in [1.82, 2.24) is 9.78 Å². The number of esters is 1. The van der Waals surface area contributed by atoms with Gasteiger partial charge in [0.1, 0.15) is 0 Å². The smallest absolute Gasteiger partial charge is 0.365 e. The summed E-state index contributed by atoms with van der Waals surface area (Å²) in [5.74, 6) is -1.86. The van der Waals surface area contributed by atoms with Crippen LogP contribution in [0.3, 0.4) is 0 Å². The van der Waals surface area contributed by atoms with Gasteiger partial charge in [-0.2, -0.15) is 5.10 Å². The first-order valence-electron chi connectivity index (χ1n) is 6.66. The van der Waals surface area contributed by atoms with Gasteiger partial charge in [-0.05, 0) is 18.8 Å². The van der Waals surface area contributed by atoms with E-state index in [-0.39, 0.29) is 12.5 Å². The molecular weight excluding hydrogens is 296 g/mol. The SMILES string of the molecule is COC(=O)c1nn(CC2CCOCC2)c(C(N)=O)c1[N+](=O)[O-]. The van der Waals surface area contributed by atoms with Crippen LogP contribution in [0.4, 0.5) is 5.69 Å². The molecule has 1 fully saturated rings. The fourth-order valence-electron chi connectivity index (χ4n) is 2.41. The second-order valence-corrected chi connectivity index (χ2v) is 4.90. The molecule has 1 saturated heterocycles. The molecule has 2 heterocycles. The Bertz CT molecular complexity index is 605. The molecule has 1 aliphatic rings. The van der Waals surface area contributed by atoms with Gasteiger partial charge in [-0.25, -0.2) is 4.79 Å². The van der Waals surface area contributed by atoms with Crippen LogP contribution in [0.2, 0.25) is 0 Å². The Hall–Kier alpha value is -2.49.